The summed E-state index contributed by atoms with van der Waals surface area (Å²) in [6.07, 6.45) is 0.259. The van der Waals surface area contributed by atoms with Gasteiger partial charge in [-0.15, -0.1) is 0 Å². The molecule has 1 saturated heterocycles. The van der Waals surface area contributed by atoms with Crippen LogP contribution in [0.4, 0.5) is 10.1 Å². The van der Waals surface area contributed by atoms with Crippen LogP contribution in [0.2, 0.25) is 0 Å². The number of rotatable bonds is 5. The monoisotopic (exact) mass is 369 g/mol. The molecule has 0 atom stereocenters. The summed E-state index contributed by atoms with van der Waals surface area (Å²) in [7, 11) is 0. The second-order valence-electron chi connectivity index (χ2n) is 6.76. The van der Waals surface area contributed by atoms with Gasteiger partial charge in [0.1, 0.15) is 5.82 Å². The van der Waals surface area contributed by atoms with Gasteiger partial charge in [-0.2, -0.15) is 0 Å². The molecule has 6 heteroatoms. The van der Waals surface area contributed by atoms with E-state index in [1.54, 1.807) is 23.1 Å². The van der Waals surface area contributed by atoms with E-state index in [-0.39, 0.29) is 30.6 Å². The third kappa shape index (κ3) is 5.06. The highest BCUT2D eigenvalue weighted by atomic mass is 19.1. The fourth-order valence-electron chi connectivity index (χ4n) is 3.14. The van der Waals surface area contributed by atoms with Gasteiger partial charge >= 0.3 is 0 Å². The van der Waals surface area contributed by atoms with Gasteiger partial charge in [0.25, 0.3) is 0 Å². The number of hydrogen-bond donors (Lipinski definition) is 1. The molecule has 3 rings (SSSR count). The second-order valence-corrected chi connectivity index (χ2v) is 6.76. The normalized spacial score (nSPS) is 14.1. The van der Waals surface area contributed by atoms with E-state index in [0.717, 1.165) is 11.1 Å². The molecule has 0 aliphatic carbocycles. The van der Waals surface area contributed by atoms with Crippen LogP contribution < -0.4 is 10.2 Å². The van der Waals surface area contributed by atoms with Crippen molar-refractivity contribution in [1.82, 2.24) is 10.2 Å². The first kappa shape index (κ1) is 18.9. The van der Waals surface area contributed by atoms with Crippen LogP contribution in [0.1, 0.15) is 11.1 Å². The maximum absolute atomic E-state index is 13.9. The lowest BCUT2D eigenvalue weighted by atomic mass is 10.1. The quantitative estimate of drug-likeness (QED) is 0.879. The molecule has 0 saturated carbocycles. The van der Waals surface area contributed by atoms with Gasteiger partial charge in [-0.1, -0.05) is 42.0 Å². The molecule has 2 amide bonds. The SMILES string of the molecule is Cc1ccc(CC(=O)NCC(=O)N2CCN(c3ccccc3F)CC2)cc1. The summed E-state index contributed by atoms with van der Waals surface area (Å²) in [6, 6.07) is 14.4. The van der Waals surface area contributed by atoms with Gasteiger partial charge in [0.05, 0.1) is 18.7 Å². The van der Waals surface area contributed by atoms with Crippen molar-refractivity contribution in [2.75, 3.05) is 37.6 Å². The molecule has 0 aromatic heterocycles. The number of carbonyl (C=O) groups is 2. The molecule has 0 bridgehead atoms. The summed E-state index contributed by atoms with van der Waals surface area (Å²) < 4.78 is 13.9. The van der Waals surface area contributed by atoms with Crippen molar-refractivity contribution >= 4 is 17.5 Å². The van der Waals surface area contributed by atoms with E-state index >= 15 is 0 Å². The lowest BCUT2D eigenvalue weighted by Gasteiger charge is -2.36. The average molecular weight is 369 g/mol. The van der Waals surface area contributed by atoms with Crippen molar-refractivity contribution in [3.05, 3.63) is 65.5 Å². The molecule has 2 aromatic carbocycles. The Bertz CT molecular complexity index is 799. The van der Waals surface area contributed by atoms with E-state index in [2.05, 4.69) is 5.32 Å². The van der Waals surface area contributed by atoms with Gasteiger partial charge < -0.3 is 15.1 Å². The smallest absolute Gasteiger partial charge is 0.242 e. The van der Waals surface area contributed by atoms with Crippen LogP contribution in [0.5, 0.6) is 0 Å². The zero-order valence-corrected chi connectivity index (χ0v) is 15.5. The average Bonchev–Trinajstić information content (AvgIpc) is 2.68. The number of anilines is 1. The number of benzene rings is 2. The van der Waals surface area contributed by atoms with Gasteiger partial charge in [-0.05, 0) is 24.6 Å². The molecule has 0 unspecified atom stereocenters. The van der Waals surface area contributed by atoms with Gasteiger partial charge in [0, 0.05) is 26.2 Å². The third-order valence-corrected chi connectivity index (χ3v) is 4.75. The highest BCUT2D eigenvalue weighted by Gasteiger charge is 2.22. The largest absolute Gasteiger partial charge is 0.366 e. The molecule has 0 spiro atoms. The topological polar surface area (TPSA) is 52.7 Å². The van der Waals surface area contributed by atoms with Crippen LogP contribution in [0.15, 0.2) is 48.5 Å². The Morgan fingerprint density at radius 3 is 2.33 bits per heavy atom. The van der Waals surface area contributed by atoms with Crippen LogP contribution in [0, 0.1) is 12.7 Å². The van der Waals surface area contributed by atoms with E-state index < -0.39 is 0 Å². The molecule has 2 aromatic rings. The van der Waals surface area contributed by atoms with Gasteiger partial charge in [0.2, 0.25) is 11.8 Å². The fourth-order valence-corrected chi connectivity index (χ4v) is 3.14. The summed E-state index contributed by atoms with van der Waals surface area (Å²) in [4.78, 5) is 28.0. The molecule has 1 N–H and O–H groups in total. The lowest BCUT2D eigenvalue weighted by molar-refractivity contribution is -0.133. The summed E-state index contributed by atoms with van der Waals surface area (Å²) in [5, 5.41) is 2.69. The fraction of sp³-hybridized carbons (Fsp3) is 0.333. The highest BCUT2D eigenvalue weighted by Crippen LogP contribution is 2.20. The molecule has 0 radical (unpaired) electrons. The Balaban J connectivity index is 1.43. The number of hydrogen-bond acceptors (Lipinski definition) is 3. The predicted molar refractivity (Wildman–Crippen MR) is 103 cm³/mol. The second kappa shape index (κ2) is 8.66. The van der Waals surface area contributed by atoms with Crippen LogP contribution in [0.25, 0.3) is 0 Å². The maximum Gasteiger partial charge on any atom is 0.242 e. The Morgan fingerprint density at radius 1 is 1.00 bits per heavy atom. The minimum Gasteiger partial charge on any atom is -0.366 e. The zero-order valence-electron chi connectivity index (χ0n) is 15.5. The van der Waals surface area contributed by atoms with E-state index in [4.69, 9.17) is 0 Å². The first-order valence-corrected chi connectivity index (χ1v) is 9.12. The van der Waals surface area contributed by atoms with Crippen molar-refractivity contribution < 1.29 is 14.0 Å². The summed E-state index contributed by atoms with van der Waals surface area (Å²) in [6.45, 7) is 4.16. The number of halogens is 1. The number of nitrogens with zero attached hydrogens (tertiary/aromatic N) is 2. The van der Waals surface area contributed by atoms with E-state index in [0.29, 0.717) is 31.9 Å². The molecule has 1 heterocycles. The molecule has 142 valence electrons. The number of piperazine rings is 1. The van der Waals surface area contributed by atoms with E-state index in [9.17, 15) is 14.0 Å². The third-order valence-electron chi connectivity index (χ3n) is 4.75. The standard InChI is InChI=1S/C21H24FN3O2/c1-16-6-8-17(9-7-16)14-20(26)23-15-21(27)25-12-10-24(11-13-25)19-5-3-2-4-18(19)22/h2-9H,10-15H2,1H3,(H,23,26). The van der Waals surface area contributed by atoms with Crippen molar-refractivity contribution in [3.8, 4) is 0 Å². The van der Waals surface area contributed by atoms with Gasteiger partial charge in [-0.25, -0.2) is 4.39 Å². The van der Waals surface area contributed by atoms with Gasteiger partial charge in [-0.3, -0.25) is 9.59 Å². The predicted octanol–water partition coefficient (Wildman–Crippen LogP) is 2.14. The van der Waals surface area contributed by atoms with Crippen LogP contribution in [-0.2, 0) is 16.0 Å². The van der Waals surface area contributed by atoms with Crippen molar-refractivity contribution in [3.63, 3.8) is 0 Å². The minimum absolute atomic E-state index is 0.00953. The zero-order chi connectivity index (χ0) is 19.2. The molecule has 27 heavy (non-hydrogen) atoms. The molecule has 1 aliphatic heterocycles. The summed E-state index contributed by atoms with van der Waals surface area (Å²) >= 11 is 0. The minimum atomic E-state index is -0.249. The number of aryl methyl sites for hydroxylation is 1. The Morgan fingerprint density at radius 2 is 1.67 bits per heavy atom. The van der Waals surface area contributed by atoms with Crippen molar-refractivity contribution in [2.45, 2.75) is 13.3 Å². The van der Waals surface area contributed by atoms with Crippen molar-refractivity contribution in [2.24, 2.45) is 0 Å². The van der Waals surface area contributed by atoms with Crippen LogP contribution >= 0.6 is 0 Å². The molecule has 1 fully saturated rings. The number of amides is 2. The highest BCUT2D eigenvalue weighted by molar-refractivity contribution is 5.85. The van der Waals surface area contributed by atoms with Crippen molar-refractivity contribution in [1.29, 1.82) is 0 Å². The van der Waals surface area contributed by atoms with Gasteiger partial charge in [0.15, 0.2) is 0 Å². The number of nitrogens with one attached hydrogen (secondary N) is 1. The first-order chi connectivity index (χ1) is 13.0. The van der Waals surface area contributed by atoms with Crippen LogP contribution in [0.3, 0.4) is 0 Å². The van der Waals surface area contributed by atoms with E-state index in [1.165, 1.54) is 6.07 Å². The Kier molecular flexibility index (Phi) is 6.06. The Labute approximate surface area is 158 Å². The van der Waals surface area contributed by atoms with Crippen LogP contribution in [-0.4, -0.2) is 49.4 Å². The van der Waals surface area contributed by atoms with E-state index in [1.807, 2.05) is 36.1 Å². The molecule has 5 nitrogen and oxygen atoms in total. The summed E-state index contributed by atoms with van der Waals surface area (Å²) in [5.74, 6) is -0.529. The molecular formula is C21H24FN3O2. The first-order valence-electron chi connectivity index (χ1n) is 9.12. The Hall–Kier alpha value is -2.89. The maximum atomic E-state index is 13.9. The lowest BCUT2D eigenvalue weighted by Crippen LogP contribution is -2.51. The number of para-hydroxylation sites is 1. The number of carbonyl (C=O) groups excluding carboxylic acids is 2. The molecule has 1 aliphatic rings. The summed E-state index contributed by atoms with van der Waals surface area (Å²) in [5.41, 5.74) is 2.63. The molecular weight excluding hydrogens is 345 g/mol.